The zero-order chi connectivity index (χ0) is 7.98. The van der Waals surface area contributed by atoms with Gasteiger partial charge in [-0.2, -0.15) is 0 Å². The fraction of sp³-hybridized carbons (Fsp3) is 0.833. The maximum Gasteiger partial charge on any atom is 0.236 e. The summed E-state index contributed by atoms with van der Waals surface area (Å²) in [5.74, 6) is -0.117. The first kappa shape index (κ1) is 9.36. The van der Waals surface area contributed by atoms with Crippen LogP contribution < -0.4 is 10.6 Å². The molecule has 1 atom stereocenters. The Morgan fingerprint density at radius 2 is 2.30 bits per heavy atom. The van der Waals surface area contributed by atoms with E-state index in [1.165, 1.54) is 0 Å². The van der Waals surface area contributed by atoms with Gasteiger partial charge in [-0.05, 0) is 6.92 Å². The van der Waals surface area contributed by atoms with Crippen LogP contribution in [0.2, 0.25) is 0 Å². The molecule has 2 N–H and O–H groups in total. The van der Waals surface area contributed by atoms with Crippen LogP contribution in [0.1, 0.15) is 6.92 Å². The second kappa shape index (κ2) is 5.17. The van der Waals surface area contributed by atoms with Gasteiger partial charge in [-0.1, -0.05) is 0 Å². The summed E-state index contributed by atoms with van der Waals surface area (Å²) in [4.78, 5) is 10.7. The smallest absolute Gasteiger partial charge is 0.236 e. The number of rotatable bonds is 4. The fourth-order valence-corrected chi connectivity index (χ4v) is 0.580. The Kier molecular flexibility index (Phi) is 4.84. The molecular weight excluding hydrogens is 135 g/mol. The van der Waals surface area contributed by atoms with Gasteiger partial charge in [-0.15, -0.1) is 0 Å². The van der Waals surface area contributed by atoms with Crippen LogP contribution in [0.5, 0.6) is 0 Å². The molecule has 3 nitrogen and oxygen atoms in total. The van der Waals surface area contributed by atoms with E-state index in [1.54, 1.807) is 14.0 Å². The van der Waals surface area contributed by atoms with Crippen LogP contribution in [0.4, 0.5) is 4.39 Å². The lowest BCUT2D eigenvalue weighted by Crippen LogP contribution is -2.41. The van der Waals surface area contributed by atoms with E-state index >= 15 is 0 Å². The lowest BCUT2D eigenvalue weighted by atomic mass is 10.3. The van der Waals surface area contributed by atoms with Crippen molar-refractivity contribution in [3.8, 4) is 0 Å². The van der Waals surface area contributed by atoms with Crippen LogP contribution in [0.15, 0.2) is 0 Å². The molecule has 0 radical (unpaired) electrons. The van der Waals surface area contributed by atoms with Gasteiger partial charge in [-0.25, -0.2) is 4.39 Å². The van der Waals surface area contributed by atoms with Crippen molar-refractivity contribution in [1.29, 1.82) is 0 Å². The molecule has 0 bridgehead atoms. The van der Waals surface area contributed by atoms with Gasteiger partial charge in [0.2, 0.25) is 5.91 Å². The standard InChI is InChI=1S/C6H13FN2O/c1-5(6(10)8-2)9-4-3-7/h5,9H,3-4H2,1-2H3,(H,8,10). The third-order valence-electron chi connectivity index (χ3n) is 1.18. The molecular formula is C6H13FN2O. The van der Waals surface area contributed by atoms with Gasteiger partial charge in [0.05, 0.1) is 6.04 Å². The quantitative estimate of drug-likeness (QED) is 0.573. The highest BCUT2D eigenvalue weighted by Crippen LogP contribution is 1.79. The largest absolute Gasteiger partial charge is 0.358 e. The van der Waals surface area contributed by atoms with E-state index in [0.717, 1.165) is 0 Å². The Labute approximate surface area is 60.0 Å². The van der Waals surface area contributed by atoms with Gasteiger partial charge >= 0.3 is 0 Å². The Bertz CT molecular complexity index is 108. The van der Waals surface area contributed by atoms with Gasteiger partial charge < -0.3 is 10.6 Å². The lowest BCUT2D eigenvalue weighted by Gasteiger charge is -2.09. The minimum absolute atomic E-state index is 0.117. The van der Waals surface area contributed by atoms with E-state index in [0.29, 0.717) is 0 Å². The van der Waals surface area contributed by atoms with Crippen molar-refractivity contribution in [1.82, 2.24) is 10.6 Å². The molecule has 10 heavy (non-hydrogen) atoms. The van der Waals surface area contributed by atoms with E-state index in [-0.39, 0.29) is 18.5 Å². The number of carbonyl (C=O) groups is 1. The van der Waals surface area contributed by atoms with Gasteiger partial charge in [0, 0.05) is 13.6 Å². The molecule has 0 aliphatic carbocycles. The van der Waals surface area contributed by atoms with Gasteiger partial charge in [0.15, 0.2) is 0 Å². The number of amides is 1. The summed E-state index contributed by atoms with van der Waals surface area (Å²) in [7, 11) is 1.55. The molecule has 0 saturated heterocycles. The monoisotopic (exact) mass is 148 g/mol. The maximum atomic E-state index is 11.5. The average Bonchev–Trinajstić information content (AvgIpc) is 1.98. The Morgan fingerprint density at radius 3 is 2.70 bits per heavy atom. The predicted molar refractivity (Wildman–Crippen MR) is 37.5 cm³/mol. The number of likely N-dealkylation sites (N-methyl/N-ethyl adjacent to an activating group) is 1. The van der Waals surface area contributed by atoms with Crippen molar-refractivity contribution in [3.05, 3.63) is 0 Å². The highest BCUT2D eigenvalue weighted by Gasteiger charge is 2.07. The fourth-order valence-electron chi connectivity index (χ4n) is 0.580. The number of hydrogen-bond acceptors (Lipinski definition) is 2. The van der Waals surface area contributed by atoms with E-state index in [1.807, 2.05) is 0 Å². The minimum Gasteiger partial charge on any atom is -0.358 e. The van der Waals surface area contributed by atoms with Crippen molar-refractivity contribution in [2.45, 2.75) is 13.0 Å². The maximum absolute atomic E-state index is 11.5. The summed E-state index contributed by atoms with van der Waals surface area (Å²) < 4.78 is 11.5. The highest BCUT2D eigenvalue weighted by molar-refractivity contribution is 5.80. The van der Waals surface area contributed by atoms with Crippen molar-refractivity contribution in [2.24, 2.45) is 0 Å². The summed E-state index contributed by atoms with van der Waals surface area (Å²) in [6, 6.07) is -0.305. The van der Waals surface area contributed by atoms with Crippen LogP contribution in [0, 0.1) is 0 Å². The SMILES string of the molecule is CNC(=O)C(C)NCCF. The van der Waals surface area contributed by atoms with Crippen LogP contribution >= 0.6 is 0 Å². The molecule has 0 rings (SSSR count). The zero-order valence-electron chi connectivity index (χ0n) is 6.28. The minimum atomic E-state index is -0.443. The second-order valence-corrected chi connectivity index (χ2v) is 1.98. The van der Waals surface area contributed by atoms with Crippen molar-refractivity contribution >= 4 is 5.91 Å². The molecule has 0 aromatic rings. The molecule has 1 unspecified atom stereocenters. The van der Waals surface area contributed by atoms with Crippen molar-refractivity contribution in [3.63, 3.8) is 0 Å². The van der Waals surface area contributed by atoms with E-state index in [2.05, 4.69) is 10.6 Å². The molecule has 0 spiro atoms. The lowest BCUT2D eigenvalue weighted by molar-refractivity contribution is -0.122. The summed E-state index contributed by atoms with van der Waals surface area (Å²) in [6.07, 6.45) is 0. The van der Waals surface area contributed by atoms with Crippen molar-refractivity contribution in [2.75, 3.05) is 20.3 Å². The first-order valence-corrected chi connectivity index (χ1v) is 3.23. The Hall–Kier alpha value is -0.640. The van der Waals surface area contributed by atoms with E-state index < -0.39 is 6.67 Å². The Balaban J connectivity index is 3.41. The Morgan fingerprint density at radius 1 is 1.70 bits per heavy atom. The molecule has 4 heteroatoms. The van der Waals surface area contributed by atoms with E-state index in [4.69, 9.17) is 0 Å². The predicted octanol–water partition coefficient (Wildman–Crippen LogP) is -0.320. The van der Waals surface area contributed by atoms with Gasteiger partial charge in [-0.3, -0.25) is 4.79 Å². The van der Waals surface area contributed by atoms with E-state index in [9.17, 15) is 9.18 Å². The zero-order valence-corrected chi connectivity index (χ0v) is 6.28. The normalized spacial score (nSPS) is 12.7. The number of alkyl halides is 1. The molecule has 0 aliphatic rings. The number of hydrogen-bond donors (Lipinski definition) is 2. The molecule has 1 amide bonds. The summed E-state index contributed by atoms with van der Waals surface area (Å²) in [6.45, 7) is 1.48. The van der Waals surface area contributed by atoms with Crippen LogP contribution in [0.3, 0.4) is 0 Å². The third-order valence-corrected chi connectivity index (χ3v) is 1.18. The molecule has 0 aromatic heterocycles. The molecule has 0 aliphatic heterocycles. The highest BCUT2D eigenvalue weighted by atomic mass is 19.1. The topological polar surface area (TPSA) is 41.1 Å². The first-order valence-electron chi connectivity index (χ1n) is 3.23. The molecule has 60 valence electrons. The number of nitrogens with one attached hydrogen (secondary N) is 2. The summed E-state index contributed by atoms with van der Waals surface area (Å²) >= 11 is 0. The summed E-state index contributed by atoms with van der Waals surface area (Å²) in [5, 5.41) is 5.15. The number of carbonyl (C=O) groups excluding carboxylic acids is 1. The first-order chi connectivity index (χ1) is 4.72. The summed E-state index contributed by atoms with van der Waals surface area (Å²) in [5.41, 5.74) is 0. The van der Waals surface area contributed by atoms with Crippen LogP contribution in [-0.4, -0.2) is 32.2 Å². The average molecular weight is 148 g/mol. The van der Waals surface area contributed by atoms with Gasteiger partial charge in [0.1, 0.15) is 6.67 Å². The van der Waals surface area contributed by atoms with Crippen LogP contribution in [-0.2, 0) is 4.79 Å². The van der Waals surface area contributed by atoms with Crippen LogP contribution in [0.25, 0.3) is 0 Å². The molecule has 0 saturated carbocycles. The molecule has 0 heterocycles. The number of halogens is 1. The molecule has 0 fully saturated rings. The van der Waals surface area contributed by atoms with Crippen molar-refractivity contribution < 1.29 is 9.18 Å². The third kappa shape index (κ3) is 3.40. The second-order valence-electron chi connectivity index (χ2n) is 1.98. The molecule has 0 aromatic carbocycles. The van der Waals surface area contributed by atoms with Gasteiger partial charge in [0.25, 0.3) is 0 Å².